The number of unbranched alkanes of at least 4 members (excludes halogenated alkanes) is 1. The number of hydrogen-bond donors (Lipinski definition) is 1. The highest BCUT2D eigenvalue weighted by atomic mass is 32.1. The lowest BCUT2D eigenvalue weighted by atomic mass is 10.0. The second-order valence-corrected chi connectivity index (χ2v) is 8.16. The summed E-state index contributed by atoms with van der Waals surface area (Å²) in [6.45, 7) is 8.54. The average Bonchev–Trinajstić information content (AvgIpc) is 3.04. The van der Waals surface area contributed by atoms with Crippen molar-refractivity contribution >= 4 is 17.2 Å². The van der Waals surface area contributed by atoms with Crippen molar-refractivity contribution in [1.29, 1.82) is 0 Å². The van der Waals surface area contributed by atoms with Crippen molar-refractivity contribution in [1.82, 2.24) is 20.2 Å². The molecule has 0 saturated carbocycles. The topological polar surface area (TPSA) is 58.1 Å². The Kier molecular flexibility index (Phi) is 6.74. The van der Waals surface area contributed by atoms with Crippen LogP contribution in [0.15, 0.2) is 24.4 Å². The summed E-state index contributed by atoms with van der Waals surface area (Å²) in [5.74, 6) is 0.805. The molecule has 1 atom stereocenters. The molecule has 1 amide bonds. The van der Waals surface area contributed by atoms with Crippen LogP contribution in [0.2, 0.25) is 0 Å². The van der Waals surface area contributed by atoms with Gasteiger partial charge in [-0.1, -0.05) is 13.0 Å². The zero-order chi connectivity index (χ0) is 18.4. The first kappa shape index (κ1) is 19.0. The third kappa shape index (κ3) is 5.11. The van der Waals surface area contributed by atoms with Gasteiger partial charge < -0.3 is 10.2 Å². The highest BCUT2D eigenvalue weighted by Crippen LogP contribution is 2.26. The molecule has 1 aliphatic heterocycles. The van der Waals surface area contributed by atoms with Gasteiger partial charge in [-0.15, -0.1) is 11.3 Å². The summed E-state index contributed by atoms with van der Waals surface area (Å²) in [5.41, 5.74) is 1.59. The Bertz CT molecular complexity index is 716. The van der Waals surface area contributed by atoms with Crippen LogP contribution in [0.5, 0.6) is 0 Å². The molecular formula is C20H28N4OS. The van der Waals surface area contributed by atoms with Crippen LogP contribution in [-0.4, -0.2) is 47.0 Å². The zero-order valence-corrected chi connectivity index (χ0v) is 16.5. The quantitative estimate of drug-likeness (QED) is 0.752. The first-order chi connectivity index (χ1) is 12.6. The van der Waals surface area contributed by atoms with Gasteiger partial charge in [-0.05, 0) is 63.7 Å². The molecule has 6 heteroatoms. The number of thiazole rings is 1. The molecule has 1 saturated heterocycles. The van der Waals surface area contributed by atoms with E-state index in [0.29, 0.717) is 4.88 Å². The third-order valence-corrected chi connectivity index (χ3v) is 5.99. The lowest BCUT2D eigenvalue weighted by Gasteiger charge is -2.30. The number of aromatic nitrogens is 2. The molecule has 0 radical (unpaired) electrons. The number of hydrogen-bond acceptors (Lipinski definition) is 5. The van der Waals surface area contributed by atoms with Gasteiger partial charge in [-0.3, -0.25) is 9.78 Å². The number of likely N-dealkylation sites (tertiary alicyclic amines) is 1. The van der Waals surface area contributed by atoms with Crippen molar-refractivity contribution in [2.45, 2.75) is 39.5 Å². The molecule has 1 aliphatic rings. The normalized spacial score (nSPS) is 18.0. The van der Waals surface area contributed by atoms with Crippen LogP contribution in [0.4, 0.5) is 0 Å². The van der Waals surface area contributed by atoms with Crippen molar-refractivity contribution < 1.29 is 4.79 Å². The molecule has 26 heavy (non-hydrogen) atoms. The van der Waals surface area contributed by atoms with E-state index in [0.717, 1.165) is 48.2 Å². The van der Waals surface area contributed by atoms with Crippen molar-refractivity contribution in [3.63, 3.8) is 0 Å². The predicted molar refractivity (Wildman–Crippen MR) is 106 cm³/mol. The Balaban J connectivity index is 1.43. The fourth-order valence-electron chi connectivity index (χ4n) is 3.44. The zero-order valence-electron chi connectivity index (χ0n) is 15.7. The number of aryl methyl sites for hydroxylation is 1. The van der Waals surface area contributed by atoms with Gasteiger partial charge >= 0.3 is 0 Å². The molecule has 1 unspecified atom stereocenters. The summed E-state index contributed by atoms with van der Waals surface area (Å²) in [5, 5.41) is 3.84. The van der Waals surface area contributed by atoms with Crippen LogP contribution < -0.4 is 5.32 Å². The molecule has 1 N–H and O–H groups in total. The number of carbonyl (C=O) groups is 1. The molecule has 0 bridgehead atoms. The number of piperidine rings is 1. The van der Waals surface area contributed by atoms with E-state index in [1.54, 1.807) is 6.20 Å². The Hall–Kier alpha value is -1.79. The molecule has 3 heterocycles. The Morgan fingerprint density at radius 1 is 1.38 bits per heavy atom. The second kappa shape index (κ2) is 9.24. The van der Waals surface area contributed by atoms with Crippen molar-refractivity contribution in [3.8, 4) is 10.7 Å². The Labute approximate surface area is 159 Å². The monoisotopic (exact) mass is 372 g/mol. The maximum atomic E-state index is 12.4. The minimum atomic E-state index is -0.0197. The smallest absolute Gasteiger partial charge is 0.263 e. The summed E-state index contributed by atoms with van der Waals surface area (Å²) in [7, 11) is 0. The SMILES string of the molecule is Cc1nc(-c2ccccn2)sc1C(=O)NCCCCN1CCCC(C)C1. The Morgan fingerprint density at radius 2 is 2.27 bits per heavy atom. The van der Waals surface area contributed by atoms with Gasteiger partial charge in [-0.2, -0.15) is 0 Å². The van der Waals surface area contributed by atoms with Crippen LogP contribution in [0.1, 0.15) is 48.0 Å². The predicted octanol–water partition coefficient (Wildman–Crippen LogP) is 3.76. The lowest BCUT2D eigenvalue weighted by Crippen LogP contribution is -2.35. The average molecular weight is 373 g/mol. The molecule has 0 aromatic carbocycles. The van der Waals surface area contributed by atoms with Gasteiger partial charge in [0, 0.05) is 19.3 Å². The van der Waals surface area contributed by atoms with Gasteiger partial charge in [0.25, 0.3) is 5.91 Å². The van der Waals surface area contributed by atoms with E-state index in [2.05, 4.69) is 27.1 Å². The van der Waals surface area contributed by atoms with Crippen LogP contribution in [-0.2, 0) is 0 Å². The molecule has 0 aliphatic carbocycles. The summed E-state index contributed by atoms with van der Waals surface area (Å²) >= 11 is 1.41. The molecule has 0 spiro atoms. The van der Waals surface area contributed by atoms with E-state index in [1.807, 2.05) is 25.1 Å². The summed E-state index contributed by atoms with van der Waals surface area (Å²) < 4.78 is 0. The minimum absolute atomic E-state index is 0.0197. The number of pyridine rings is 1. The fraction of sp³-hybridized carbons (Fsp3) is 0.550. The molecule has 1 fully saturated rings. The molecule has 2 aromatic heterocycles. The summed E-state index contributed by atoms with van der Waals surface area (Å²) in [6, 6.07) is 5.73. The van der Waals surface area contributed by atoms with Crippen molar-refractivity contribution in [3.05, 3.63) is 35.0 Å². The number of amides is 1. The summed E-state index contributed by atoms with van der Waals surface area (Å²) in [6.07, 6.45) is 6.58. The fourth-order valence-corrected chi connectivity index (χ4v) is 4.40. The largest absolute Gasteiger partial charge is 0.351 e. The van der Waals surface area contributed by atoms with E-state index in [9.17, 15) is 4.79 Å². The number of nitrogens with zero attached hydrogens (tertiary/aromatic N) is 3. The first-order valence-corrected chi connectivity index (χ1v) is 10.3. The third-order valence-electron chi connectivity index (χ3n) is 4.81. The molecule has 2 aromatic rings. The van der Waals surface area contributed by atoms with E-state index >= 15 is 0 Å². The number of rotatable bonds is 7. The minimum Gasteiger partial charge on any atom is -0.351 e. The van der Waals surface area contributed by atoms with Crippen LogP contribution >= 0.6 is 11.3 Å². The molecular weight excluding hydrogens is 344 g/mol. The summed E-state index contributed by atoms with van der Waals surface area (Å²) in [4.78, 5) is 24.5. The number of carbonyl (C=O) groups excluding carboxylic acids is 1. The van der Waals surface area contributed by atoms with E-state index in [1.165, 1.54) is 37.3 Å². The maximum absolute atomic E-state index is 12.4. The van der Waals surface area contributed by atoms with Gasteiger partial charge in [0.15, 0.2) is 0 Å². The van der Waals surface area contributed by atoms with E-state index < -0.39 is 0 Å². The van der Waals surface area contributed by atoms with Gasteiger partial charge in [-0.25, -0.2) is 4.98 Å². The standard InChI is InChI=1S/C20H28N4OS/c1-15-8-7-13-24(14-15)12-6-5-11-22-19(25)18-16(2)23-20(26-18)17-9-3-4-10-21-17/h3-4,9-10,15H,5-8,11-14H2,1-2H3,(H,22,25). The maximum Gasteiger partial charge on any atom is 0.263 e. The van der Waals surface area contributed by atoms with Crippen LogP contribution in [0.25, 0.3) is 10.7 Å². The van der Waals surface area contributed by atoms with Crippen LogP contribution in [0, 0.1) is 12.8 Å². The second-order valence-electron chi connectivity index (χ2n) is 7.16. The van der Waals surface area contributed by atoms with Gasteiger partial charge in [0.2, 0.25) is 0 Å². The van der Waals surface area contributed by atoms with Crippen molar-refractivity contribution in [2.24, 2.45) is 5.92 Å². The highest BCUT2D eigenvalue weighted by Gasteiger charge is 2.17. The highest BCUT2D eigenvalue weighted by molar-refractivity contribution is 7.17. The lowest BCUT2D eigenvalue weighted by molar-refractivity contribution is 0.0955. The first-order valence-electron chi connectivity index (χ1n) is 9.53. The van der Waals surface area contributed by atoms with E-state index in [-0.39, 0.29) is 5.91 Å². The number of nitrogens with one attached hydrogen (secondary N) is 1. The van der Waals surface area contributed by atoms with Crippen molar-refractivity contribution in [2.75, 3.05) is 26.2 Å². The van der Waals surface area contributed by atoms with Crippen LogP contribution in [0.3, 0.4) is 0 Å². The van der Waals surface area contributed by atoms with E-state index in [4.69, 9.17) is 0 Å². The molecule has 5 nitrogen and oxygen atoms in total. The van der Waals surface area contributed by atoms with Gasteiger partial charge in [0.05, 0.1) is 11.4 Å². The molecule has 140 valence electrons. The van der Waals surface area contributed by atoms with Gasteiger partial charge in [0.1, 0.15) is 9.88 Å². The Morgan fingerprint density at radius 3 is 3.04 bits per heavy atom. The molecule has 3 rings (SSSR count).